The topological polar surface area (TPSA) is 104 Å². The van der Waals surface area contributed by atoms with Crippen LogP contribution in [0.2, 0.25) is 5.02 Å². The van der Waals surface area contributed by atoms with E-state index < -0.39 is 16.0 Å². The van der Waals surface area contributed by atoms with Gasteiger partial charge >= 0.3 is 5.97 Å². The molecule has 2 rings (SSSR count). The highest BCUT2D eigenvalue weighted by atomic mass is 35.5. The van der Waals surface area contributed by atoms with Gasteiger partial charge in [0.2, 0.25) is 0 Å². The molecule has 0 saturated heterocycles. The van der Waals surface area contributed by atoms with Crippen molar-refractivity contribution in [3.63, 3.8) is 0 Å². The highest BCUT2D eigenvalue weighted by Crippen LogP contribution is 2.25. The normalized spacial score (nSPS) is 11.1. The molecule has 0 spiro atoms. The largest absolute Gasteiger partial charge is 0.508 e. The van der Waals surface area contributed by atoms with Gasteiger partial charge in [0.15, 0.2) is 0 Å². The van der Waals surface area contributed by atoms with Crippen LogP contribution in [-0.4, -0.2) is 24.6 Å². The zero-order valence-electron chi connectivity index (χ0n) is 10.4. The maximum absolute atomic E-state index is 12.2. The molecular weight excluding hydrogens is 318 g/mol. The summed E-state index contributed by atoms with van der Waals surface area (Å²) in [6, 6.07) is 8.75. The van der Waals surface area contributed by atoms with E-state index in [-0.39, 0.29) is 26.9 Å². The molecular formula is C13H10ClNO5S. The first-order chi connectivity index (χ1) is 9.79. The maximum Gasteiger partial charge on any atom is 0.335 e. The van der Waals surface area contributed by atoms with Gasteiger partial charge in [-0.15, -0.1) is 0 Å². The Morgan fingerprint density at radius 3 is 2.29 bits per heavy atom. The third kappa shape index (κ3) is 3.45. The van der Waals surface area contributed by atoms with Gasteiger partial charge in [0.1, 0.15) is 10.6 Å². The van der Waals surface area contributed by atoms with Crippen LogP contribution in [0.3, 0.4) is 0 Å². The first-order valence-corrected chi connectivity index (χ1v) is 7.50. The van der Waals surface area contributed by atoms with Crippen LogP contribution in [0.5, 0.6) is 5.75 Å². The van der Waals surface area contributed by atoms with Gasteiger partial charge in [0.25, 0.3) is 10.0 Å². The monoisotopic (exact) mass is 327 g/mol. The van der Waals surface area contributed by atoms with Crippen molar-refractivity contribution in [3.8, 4) is 5.75 Å². The Balaban J connectivity index is 2.41. The number of nitrogens with one attached hydrogen (secondary N) is 1. The minimum absolute atomic E-state index is 0.0103. The highest BCUT2D eigenvalue weighted by Gasteiger charge is 2.20. The van der Waals surface area contributed by atoms with Gasteiger partial charge in [-0.3, -0.25) is 4.72 Å². The molecule has 0 saturated carbocycles. The first kappa shape index (κ1) is 15.1. The van der Waals surface area contributed by atoms with Gasteiger partial charge in [0, 0.05) is 5.69 Å². The molecule has 0 fully saturated rings. The van der Waals surface area contributed by atoms with Crippen LogP contribution in [0, 0.1) is 0 Å². The van der Waals surface area contributed by atoms with Crippen LogP contribution in [-0.2, 0) is 10.0 Å². The third-order valence-corrected chi connectivity index (χ3v) is 4.45. The molecule has 21 heavy (non-hydrogen) atoms. The van der Waals surface area contributed by atoms with Crippen molar-refractivity contribution in [1.82, 2.24) is 0 Å². The van der Waals surface area contributed by atoms with Crippen molar-refractivity contribution >= 4 is 33.3 Å². The van der Waals surface area contributed by atoms with Gasteiger partial charge in [-0.25, -0.2) is 13.2 Å². The Morgan fingerprint density at radius 1 is 1.10 bits per heavy atom. The predicted octanol–water partition coefficient (Wildman–Crippen LogP) is 2.54. The van der Waals surface area contributed by atoms with Crippen molar-refractivity contribution < 1.29 is 23.4 Å². The van der Waals surface area contributed by atoms with E-state index in [2.05, 4.69) is 4.72 Å². The number of carbonyl (C=O) groups is 1. The highest BCUT2D eigenvalue weighted by molar-refractivity contribution is 7.92. The molecule has 2 aromatic carbocycles. The molecule has 0 aromatic heterocycles. The van der Waals surface area contributed by atoms with Crippen molar-refractivity contribution in [2.75, 3.05) is 4.72 Å². The number of sulfonamides is 1. The maximum atomic E-state index is 12.2. The van der Waals surface area contributed by atoms with E-state index in [9.17, 15) is 13.2 Å². The Labute approximate surface area is 125 Å². The van der Waals surface area contributed by atoms with E-state index in [0.29, 0.717) is 0 Å². The second-order valence-corrected chi connectivity index (χ2v) is 6.16. The molecule has 0 radical (unpaired) electrons. The molecule has 2 aromatic rings. The molecule has 0 amide bonds. The van der Waals surface area contributed by atoms with E-state index in [1.807, 2.05) is 0 Å². The fraction of sp³-hybridized carbons (Fsp3) is 0. The predicted molar refractivity (Wildman–Crippen MR) is 77.3 cm³/mol. The molecule has 6 nitrogen and oxygen atoms in total. The molecule has 0 unspecified atom stereocenters. The summed E-state index contributed by atoms with van der Waals surface area (Å²) in [6.45, 7) is 0. The second kappa shape index (κ2) is 5.63. The van der Waals surface area contributed by atoms with Gasteiger partial charge in [-0.05, 0) is 42.5 Å². The summed E-state index contributed by atoms with van der Waals surface area (Å²) in [5, 5.41) is 18.0. The fourth-order valence-electron chi connectivity index (χ4n) is 1.58. The van der Waals surface area contributed by atoms with E-state index in [1.165, 1.54) is 36.4 Å². The molecule has 0 aliphatic carbocycles. The number of anilines is 1. The standard InChI is InChI=1S/C13H10ClNO5S/c14-11-6-1-8(13(17)18)7-12(11)21(19,20)15-9-2-4-10(16)5-3-9/h1-7,15-16H,(H,17,18). The summed E-state index contributed by atoms with van der Waals surface area (Å²) in [5.41, 5.74) is 0.0232. The van der Waals surface area contributed by atoms with Gasteiger partial charge in [-0.1, -0.05) is 11.6 Å². The lowest BCUT2D eigenvalue weighted by atomic mass is 10.2. The summed E-state index contributed by atoms with van der Waals surface area (Å²) in [7, 11) is -4.04. The van der Waals surface area contributed by atoms with Crippen molar-refractivity contribution in [3.05, 3.63) is 53.1 Å². The summed E-state index contributed by atoms with van der Waals surface area (Å²) in [5.74, 6) is -1.27. The van der Waals surface area contributed by atoms with Crippen molar-refractivity contribution in [2.45, 2.75) is 4.90 Å². The van der Waals surface area contributed by atoms with Crippen LogP contribution < -0.4 is 4.72 Å². The number of aromatic hydroxyl groups is 1. The zero-order valence-corrected chi connectivity index (χ0v) is 12.0. The summed E-state index contributed by atoms with van der Waals surface area (Å²) in [4.78, 5) is 10.6. The number of benzene rings is 2. The minimum Gasteiger partial charge on any atom is -0.508 e. The number of hydrogen-bond acceptors (Lipinski definition) is 4. The molecule has 0 aliphatic heterocycles. The molecule has 0 bridgehead atoms. The number of carboxylic acid groups (broad SMARTS) is 1. The number of hydrogen-bond donors (Lipinski definition) is 3. The van der Waals surface area contributed by atoms with Crippen molar-refractivity contribution in [2.24, 2.45) is 0 Å². The lowest BCUT2D eigenvalue weighted by Crippen LogP contribution is -2.14. The Bertz CT molecular complexity index is 787. The number of phenols is 1. The lowest BCUT2D eigenvalue weighted by molar-refractivity contribution is 0.0696. The summed E-state index contributed by atoms with van der Waals surface area (Å²) in [6.07, 6.45) is 0. The summed E-state index contributed by atoms with van der Waals surface area (Å²) < 4.78 is 26.7. The van der Waals surface area contributed by atoms with E-state index in [0.717, 1.165) is 6.07 Å². The van der Waals surface area contributed by atoms with Crippen LogP contribution in [0.4, 0.5) is 5.69 Å². The van der Waals surface area contributed by atoms with Gasteiger partial charge < -0.3 is 10.2 Å². The molecule has 0 atom stereocenters. The molecule has 8 heteroatoms. The number of phenolic OH excluding ortho intramolecular Hbond substituents is 1. The zero-order chi connectivity index (χ0) is 15.6. The van der Waals surface area contributed by atoms with E-state index in [1.54, 1.807) is 0 Å². The Kier molecular flexibility index (Phi) is 4.06. The summed E-state index contributed by atoms with van der Waals surface area (Å²) >= 11 is 5.82. The molecule has 3 N–H and O–H groups in total. The molecule has 110 valence electrons. The number of rotatable bonds is 4. The Hall–Kier alpha value is -2.25. The van der Waals surface area contributed by atoms with Crippen LogP contribution in [0.1, 0.15) is 10.4 Å². The van der Waals surface area contributed by atoms with Gasteiger partial charge in [0.05, 0.1) is 10.6 Å². The molecule has 0 heterocycles. The average Bonchev–Trinajstić information content (AvgIpc) is 2.41. The third-order valence-electron chi connectivity index (χ3n) is 2.59. The lowest BCUT2D eigenvalue weighted by Gasteiger charge is -2.10. The number of halogens is 1. The van der Waals surface area contributed by atoms with Crippen LogP contribution in [0.15, 0.2) is 47.4 Å². The van der Waals surface area contributed by atoms with E-state index in [4.69, 9.17) is 21.8 Å². The quantitative estimate of drug-likeness (QED) is 0.749. The van der Waals surface area contributed by atoms with Gasteiger partial charge in [-0.2, -0.15) is 0 Å². The van der Waals surface area contributed by atoms with Crippen LogP contribution >= 0.6 is 11.6 Å². The number of aromatic carboxylic acids is 1. The van der Waals surface area contributed by atoms with Crippen molar-refractivity contribution in [1.29, 1.82) is 0 Å². The SMILES string of the molecule is O=C(O)c1ccc(Cl)c(S(=O)(=O)Nc2ccc(O)cc2)c1. The minimum atomic E-state index is -4.04. The first-order valence-electron chi connectivity index (χ1n) is 5.64. The van der Waals surface area contributed by atoms with E-state index >= 15 is 0 Å². The second-order valence-electron chi connectivity index (χ2n) is 4.10. The Morgan fingerprint density at radius 2 is 1.71 bits per heavy atom. The fourth-order valence-corrected chi connectivity index (χ4v) is 3.17. The average molecular weight is 328 g/mol. The smallest absolute Gasteiger partial charge is 0.335 e. The molecule has 0 aliphatic rings. The van der Waals surface area contributed by atoms with Crippen LogP contribution in [0.25, 0.3) is 0 Å². The number of carboxylic acids is 1.